The summed E-state index contributed by atoms with van der Waals surface area (Å²) in [7, 11) is 0. The molecular formula is C11H9BrO2. The van der Waals surface area contributed by atoms with Crippen molar-refractivity contribution in [1.29, 1.82) is 0 Å². The van der Waals surface area contributed by atoms with Crippen LogP contribution in [0.4, 0.5) is 0 Å². The molecular weight excluding hydrogens is 244 g/mol. The Bertz CT molecular complexity index is 426. The minimum absolute atomic E-state index is 0.199. The molecule has 1 aromatic rings. The molecule has 1 heterocycles. The normalized spacial score (nSPS) is 27.2. The molecule has 1 aromatic carbocycles. The van der Waals surface area contributed by atoms with E-state index < -0.39 is 0 Å². The number of phenols is 1. The molecule has 3 heteroatoms. The number of rotatable bonds is 0. The maximum Gasteiger partial charge on any atom is 0.165 e. The van der Waals surface area contributed by atoms with Crippen molar-refractivity contribution in [2.75, 3.05) is 0 Å². The summed E-state index contributed by atoms with van der Waals surface area (Å²) in [4.78, 5) is 0. The third-order valence-electron chi connectivity index (χ3n) is 2.80. The van der Waals surface area contributed by atoms with Crippen molar-refractivity contribution in [3.05, 3.63) is 34.3 Å². The lowest BCUT2D eigenvalue weighted by Gasteiger charge is -2.07. The van der Waals surface area contributed by atoms with E-state index in [0.29, 0.717) is 11.7 Å². The Morgan fingerprint density at radius 1 is 1.43 bits per heavy atom. The molecule has 0 amide bonds. The number of benzene rings is 1. The van der Waals surface area contributed by atoms with Gasteiger partial charge in [-0.3, -0.25) is 0 Å². The molecule has 72 valence electrons. The Labute approximate surface area is 90.3 Å². The fourth-order valence-electron chi connectivity index (χ4n) is 2.18. The second-order valence-electron chi connectivity index (χ2n) is 3.69. The molecule has 0 spiro atoms. The number of halogens is 1. The fourth-order valence-corrected chi connectivity index (χ4v) is 2.65. The minimum atomic E-state index is 0.199. The molecule has 14 heavy (non-hydrogen) atoms. The first-order valence-corrected chi connectivity index (χ1v) is 5.41. The summed E-state index contributed by atoms with van der Waals surface area (Å²) in [5, 5.41) is 9.69. The summed E-state index contributed by atoms with van der Waals surface area (Å²) in [6.07, 6.45) is 5.43. The van der Waals surface area contributed by atoms with Gasteiger partial charge >= 0.3 is 0 Å². The third kappa shape index (κ3) is 1.02. The molecule has 1 N–H and O–H groups in total. The van der Waals surface area contributed by atoms with Gasteiger partial charge in [0.05, 0.1) is 0 Å². The van der Waals surface area contributed by atoms with Crippen LogP contribution in [0.25, 0.3) is 0 Å². The maximum atomic E-state index is 9.69. The molecule has 0 saturated heterocycles. The van der Waals surface area contributed by atoms with Gasteiger partial charge in [0.1, 0.15) is 6.10 Å². The Balaban J connectivity index is 2.19. The maximum absolute atomic E-state index is 9.69. The van der Waals surface area contributed by atoms with Gasteiger partial charge in [0.15, 0.2) is 11.5 Å². The van der Waals surface area contributed by atoms with E-state index in [0.717, 1.165) is 16.5 Å². The van der Waals surface area contributed by atoms with E-state index in [4.69, 9.17) is 4.74 Å². The van der Waals surface area contributed by atoms with Crippen molar-refractivity contribution in [2.24, 2.45) is 0 Å². The molecule has 1 aliphatic heterocycles. The zero-order valence-electron chi connectivity index (χ0n) is 7.40. The average Bonchev–Trinajstić information content (AvgIpc) is 2.65. The number of hydrogen-bond acceptors (Lipinski definition) is 2. The van der Waals surface area contributed by atoms with Gasteiger partial charge in [-0.25, -0.2) is 0 Å². The van der Waals surface area contributed by atoms with Crippen molar-refractivity contribution in [3.63, 3.8) is 0 Å². The highest BCUT2D eigenvalue weighted by Crippen LogP contribution is 2.48. The van der Waals surface area contributed by atoms with Gasteiger partial charge in [0.2, 0.25) is 0 Å². The van der Waals surface area contributed by atoms with Crippen LogP contribution in [0, 0.1) is 0 Å². The first kappa shape index (κ1) is 8.36. The van der Waals surface area contributed by atoms with Crippen molar-refractivity contribution in [3.8, 4) is 11.5 Å². The zero-order chi connectivity index (χ0) is 9.71. The molecule has 0 fully saturated rings. The highest BCUT2D eigenvalue weighted by atomic mass is 79.9. The zero-order valence-corrected chi connectivity index (χ0v) is 8.99. The smallest absolute Gasteiger partial charge is 0.165 e. The summed E-state index contributed by atoms with van der Waals surface area (Å²) in [6.45, 7) is 0. The van der Waals surface area contributed by atoms with Gasteiger partial charge in [0, 0.05) is 22.4 Å². The van der Waals surface area contributed by atoms with Crippen LogP contribution >= 0.6 is 15.9 Å². The van der Waals surface area contributed by atoms with Gasteiger partial charge in [0.25, 0.3) is 0 Å². The van der Waals surface area contributed by atoms with Crippen LogP contribution < -0.4 is 4.74 Å². The Kier molecular flexibility index (Phi) is 1.65. The topological polar surface area (TPSA) is 29.5 Å². The molecule has 0 aromatic heterocycles. The van der Waals surface area contributed by atoms with Crippen LogP contribution in [0.5, 0.6) is 11.5 Å². The van der Waals surface area contributed by atoms with Crippen LogP contribution in [0.3, 0.4) is 0 Å². The Hall–Kier alpha value is -0.960. The molecule has 0 bridgehead atoms. The molecule has 0 radical (unpaired) electrons. The minimum Gasteiger partial charge on any atom is -0.504 e. The van der Waals surface area contributed by atoms with E-state index in [9.17, 15) is 5.11 Å². The van der Waals surface area contributed by atoms with Gasteiger partial charge in [-0.2, -0.15) is 0 Å². The van der Waals surface area contributed by atoms with Gasteiger partial charge < -0.3 is 9.84 Å². The Morgan fingerprint density at radius 3 is 3.14 bits per heavy atom. The molecule has 2 aliphatic rings. The van der Waals surface area contributed by atoms with E-state index in [2.05, 4.69) is 28.1 Å². The monoisotopic (exact) mass is 252 g/mol. The van der Waals surface area contributed by atoms with Crippen molar-refractivity contribution >= 4 is 15.9 Å². The SMILES string of the molecule is Oc1cc(Br)cc2c1OC1CC=CC21. The largest absolute Gasteiger partial charge is 0.504 e. The van der Waals surface area contributed by atoms with E-state index in [1.165, 1.54) is 0 Å². The lowest BCUT2D eigenvalue weighted by Crippen LogP contribution is -2.11. The van der Waals surface area contributed by atoms with E-state index in [1.807, 2.05) is 6.07 Å². The predicted molar refractivity (Wildman–Crippen MR) is 56.7 cm³/mol. The number of fused-ring (bicyclic) bond motifs is 3. The van der Waals surface area contributed by atoms with Crippen molar-refractivity contribution in [1.82, 2.24) is 0 Å². The second-order valence-corrected chi connectivity index (χ2v) is 4.60. The lowest BCUT2D eigenvalue weighted by atomic mass is 9.98. The molecule has 2 atom stereocenters. The van der Waals surface area contributed by atoms with E-state index in [-0.39, 0.29) is 11.9 Å². The molecule has 2 unspecified atom stereocenters. The Morgan fingerprint density at radius 2 is 2.29 bits per heavy atom. The van der Waals surface area contributed by atoms with Crippen molar-refractivity contribution < 1.29 is 9.84 Å². The summed E-state index contributed by atoms with van der Waals surface area (Å²) in [6, 6.07) is 3.69. The lowest BCUT2D eigenvalue weighted by molar-refractivity contribution is 0.224. The van der Waals surface area contributed by atoms with E-state index >= 15 is 0 Å². The highest BCUT2D eigenvalue weighted by Gasteiger charge is 2.36. The van der Waals surface area contributed by atoms with Crippen LogP contribution in [0.2, 0.25) is 0 Å². The molecule has 3 rings (SSSR count). The molecule has 2 nitrogen and oxygen atoms in total. The average molecular weight is 253 g/mol. The number of phenolic OH excluding ortho intramolecular Hbond substituents is 1. The standard InChI is InChI=1S/C11H9BrO2/c12-6-4-8-7-2-1-3-10(7)14-11(8)9(13)5-6/h1-2,4-5,7,10,13H,3H2. The van der Waals surface area contributed by atoms with Crippen LogP contribution in [0.15, 0.2) is 28.8 Å². The van der Waals surface area contributed by atoms with Gasteiger partial charge in [-0.05, 0) is 12.1 Å². The van der Waals surface area contributed by atoms with E-state index in [1.54, 1.807) is 6.07 Å². The first-order chi connectivity index (χ1) is 6.75. The first-order valence-electron chi connectivity index (χ1n) is 4.61. The highest BCUT2D eigenvalue weighted by molar-refractivity contribution is 9.10. The van der Waals surface area contributed by atoms with Crippen LogP contribution in [-0.4, -0.2) is 11.2 Å². The summed E-state index contributed by atoms with van der Waals surface area (Å²) >= 11 is 3.37. The second kappa shape index (κ2) is 2.76. The summed E-state index contributed by atoms with van der Waals surface area (Å²) in [5.74, 6) is 1.22. The number of ether oxygens (including phenoxy) is 1. The molecule has 1 aliphatic carbocycles. The summed E-state index contributed by atoms with van der Waals surface area (Å²) < 4.78 is 6.58. The van der Waals surface area contributed by atoms with Crippen molar-refractivity contribution in [2.45, 2.75) is 18.4 Å². The van der Waals surface area contributed by atoms with Gasteiger partial charge in [-0.1, -0.05) is 28.1 Å². The quantitative estimate of drug-likeness (QED) is 0.720. The van der Waals surface area contributed by atoms with Crippen LogP contribution in [0.1, 0.15) is 17.9 Å². The molecule has 0 saturated carbocycles. The fraction of sp³-hybridized carbons (Fsp3) is 0.273. The summed E-state index contributed by atoms with van der Waals surface area (Å²) in [5.41, 5.74) is 1.09. The number of hydrogen-bond donors (Lipinski definition) is 1. The third-order valence-corrected chi connectivity index (χ3v) is 3.26. The van der Waals surface area contributed by atoms with Crippen LogP contribution in [-0.2, 0) is 0 Å². The van der Waals surface area contributed by atoms with Gasteiger partial charge in [-0.15, -0.1) is 0 Å². The number of aromatic hydroxyl groups is 1. The predicted octanol–water partition coefficient (Wildman–Crippen LogP) is 2.96.